The second-order valence-electron chi connectivity index (χ2n) is 3.23. The normalized spacial score (nSPS) is 15.4. The van der Waals surface area contributed by atoms with Crippen molar-refractivity contribution in [1.29, 1.82) is 0 Å². The molecule has 14 heavy (non-hydrogen) atoms. The van der Waals surface area contributed by atoms with Crippen LogP contribution in [-0.2, 0) is 13.0 Å². The minimum absolute atomic E-state index is 0.610. The Bertz CT molecular complexity index is 299. The number of halogens is 1. The zero-order valence-corrected chi connectivity index (χ0v) is 9.80. The summed E-state index contributed by atoms with van der Waals surface area (Å²) in [7, 11) is 2.12. The van der Waals surface area contributed by atoms with Gasteiger partial charge in [0.05, 0.1) is 0 Å². The molecule has 78 valence electrons. The Morgan fingerprint density at radius 2 is 2.07 bits per heavy atom. The van der Waals surface area contributed by atoms with Crippen molar-refractivity contribution in [2.24, 2.45) is 0 Å². The molecule has 1 aromatic heterocycles. The predicted molar refractivity (Wildman–Crippen MR) is 60.6 cm³/mol. The second kappa shape index (κ2) is 5.32. The topological polar surface area (TPSA) is 16.1 Å². The monoisotopic (exact) mass is 212 g/mol. The molecule has 2 rings (SSSR count). The molecule has 0 saturated carbocycles. The van der Waals surface area contributed by atoms with E-state index in [-0.39, 0.29) is 0 Å². The van der Waals surface area contributed by atoms with Gasteiger partial charge >= 0.3 is 0 Å². The smallest absolute Gasteiger partial charge is 0.129 e. The van der Waals surface area contributed by atoms with Crippen LogP contribution < -0.4 is 0 Å². The van der Waals surface area contributed by atoms with Crippen LogP contribution in [0.2, 0.25) is 5.15 Å². The molecule has 1 aliphatic rings. The first-order valence-corrected chi connectivity index (χ1v) is 5.46. The van der Waals surface area contributed by atoms with Crippen molar-refractivity contribution in [2.75, 3.05) is 13.6 Å². The van der Waals surface area contributed by atoms with Gasteiger partial charge in [-0.25, -0.2) is 4.98 Å². The lowest BCUT2D eigenvalue weighted by Gasteiger charge is -2.23. The number of hydrogen-bond acceptors (Lipinski definition) is 2. The molecule has 0 unspecified atom stereocenters. The van der Waals surface area contributed by atoms with E-state index >= 15 is 0 Å². The van der Waals surface area contributed by atoms with Crippen LogP contribution in [0, 0.1) is 0 Å². The van der Waals surface area contributed by atoms with E-state index in [2.05, 4.69) is 23.0 Å². The van der Waals surface area contributed by atoms with E-state index in [1.807, 2.05) is 19.9 Å². The molecular weight excluding hydrogens is 196 g/mol. The van der Waals surface area contributed by atoms with Gasteiger partial charge in [-0.15, -0.1) is 0 Å². The average molecular weight is 213 g/mol. The molecule has 0 atom stereocenters. The molecule has 0 aliphatic carbocycles. The molecule has 1 aromatic rings. The number of hydrogen-bond donors (Lipinski definition) is 0. The maximum absolute atomic E-state index is 5.79. The Morgan fingerprint density at radius 1 is 1.36 bits per heavy atom. The van der Waals surface area contributed by atoms with Crippen LogP contribution >= 0.6 is 11.6 Å². The first-order valence-electron chi connectivity index (χ1n) is 5.08. The molecule has 0 amide bonds. The Labute approximate surface area is 90.9 Å². The molecule has 0 radical (unpaired) electrons. The van der Waals surface area contributed by atoms with Gasteiger partial charge in [0.25, 0.3) is 0 Å². The predicted octanol–water partition coefficient (Wildman–Crippen LogP) is 2.75. The van der Waals surface area contributed by atoms with E-state index < -0.39 is 0 Å². The lowest BCUT2D eigenvalue weighted by Crippen LogP contribution is -2.27. The SMILES string of the molecule is CC.CN1CCc2nc(Cl)ccc2C1. The van der Waals surface area contributed by atoms with E-state index in [0.29, 0.717) is 5.15 Å². The van der Waals surface area contributed by atoms with Gasteiger partial charge in [0.15, 0.2) is 0 Å². The summed E-state index contributed by atoms with van der Waals surface area (Å²) in [5.41, 5.74) is 2.48. The molecule has 1 aliphatic heterocycles. The lowest BCUT2D eigenvalue weighted by atomic mass is 10.1. The Morgan fingerprint density at radius 3 is 2.79 bits per heavy atom. The van der Waals surface area contributed by atoms with E-state index in [0.717, 1.165) is 19.5 Å². The maximum atomic E-state index is 5.79. The highest BCUT2D eigenvalue weighted by Crippen LogP contribution is 2.17. The summed E-state index contributed by atoms with van der Waals surface area (Å²) in [5, 5.41) is 0.610. The molecule has 0 aromatic carbocycles. The van der Waals surface area contributed by atoms with Gasteiger partial charge in [0.1, 0.15) is 5.15 Å². The largest absolute Gasteiger partial charge is 0.302 e. The summed E-state index contributed by atoms with van der Waals surface area (Å²) in [6.07, 6.45) is 1.02. The van der Waals surface area contributed by atoms with Crippen LogP contribution in [0.5, 0.6) is 0 Å². The van der Waals surface area contributed by atoms with E-state index in [4.69, 9.17) is 11.6 Å². The third-order valence-electron chi connectivity index (χ3n) is 2.21. The van der Waals surface area contributed by atoms with Gasteiger partial charge in [-0.3, -0.25) is 0 Å². The number of nitrogens with zero attached hydrogens (tertiary/aromatic N) is 2. The quantitative estimate of drug-likeness (QED) is 0.615. The minimum atomic E-state index is 0.610. The van der Waals surface area contributed by atoms with Crippen molar-refractivity contribution in [2.45, 2.75) is 26.8 Å². The fourth-order valence-corrected chi connectivity index (χ4v) is 1.70. The third-order valence-corrected chi connectivity index (χ3v) is 2.42. The first kappa shape index (κ1) is 11.5. The summed E-state index contributed by atoms with van der Waals surface area (Å²) < 4.78 is 0. The standard InChI is InChI=1S/C9H11ClN2.C2H6/c1-12-5-4-8-7(6-12)2-3-9(10)11-8;1-2/h2-3H,4-6H2,1H3;1-2H3. The van der Waals surface area contributed by atoms with E-state index in [1.165, 1.54) is 11.3 Å². The Kier molecular flexibility index (Phi) is 4.36. The molecule has 3 heteroatoms. The lowest BCUT2D eigenvalue weighted by molar-refractivity contribution is 0.310. The highest BCUT2D eigenvalue weighted by atomic mass is 35.5. The molecule has 0 saturated heterocycles. The van der Waals surface area contributed by atoms with Crippen molar-refractivity contribution >= 4 is 11.6 Å². The third kappa shape index (κ3) is 2.69. The highest BCUT2D eigenvalue weighted by Gasteiger charge is 2.13. The second-order valence-corrected chi connectivity index (χ2v) is 3.61. The van der Waals surface area contributed by atoms with Crippen LogP contribution in [0.1, 0.15) is 25.1 Å². The van der Waals surface area contributed by atoms with Gasteiger partial charge in [0.2, 0.25) is 0 Å². The number of rotatable bonds is 0. The summed E-state index contributed by atoms with van der Waals surface area (Å²) in [6.45, 7) is 6.08. The molecule has 2 nitrogen and oxygen atoms in total. The van der Waals surface area contributed by atoms with Crippen molar-refractivity contribution in [1.82, 2.24) is 9.88 Å². The van der Waals surface area contributed by atoms with Gasteiger partial charge in [-0.2, -0.15) is 0 Å². The Hall–Kier alpha value is -0.600. The van der Waals surface area contributed by atoms with Crippen molar-refractivity contribution in [3.8, 4) is 0 Å². The summed E-state index contributed by atoms with van der Waals surface area (Å²) in [6, 6.07) is 3.93. The van der Waals surface area contributed by atoms with Gasteiger partial charge in [-0.05, 0) is 18.7 Å². The summed E-state index contributed by atoms with van der Waals surface area (Å²) >= 11 is 5.79. The molecular formula is C11H17ClN2. The Balaban J connectivity index is 0.000000461. The van der Waals surface area contributed by atoms with Crippen molar-refractivity contribution in [3.05, 3.63) is 28.5 Å². The van der Waals surface area contributed by atoms with E-state index in [1.54, 1.807) is 0 Å². The number of likely N-dealkylation sites (N-methyl/N-ethyl adjacent to an activating group) is 1. The van der Waals surface area contributed by atoms with E-state index in [9.17, 15) is 0 Å². The zero-order chi connectivity index (χ0) is 10.6. The molecule has 0 spiro atoms. The van der Waals surface area contributed by atoms with Gasteiger partial charge < -0.3 is 4.90 Å². The first-order chi connectivity index (χ1) is 6.75. The summed E-state index contributed by atoms with van der Waals surface area (Å²) in [4.78, 5) is 6.58. The van der Waals surface area contributed by atoms with Crippen molar-refractivity contribution in [3.63, 3.8) is 0 Å². The molecule has 2 heterocycles. The fraction of sp³-hybridized carbons (Fsp3) is 0.545. The highest BCUT2D eigenvalue weighted by molar-refractivity contribution is 6.29. The van der Waals surface area contributed by atoms with Crippen molar-refractivity contribution < 1.29 is 0 Å². The summed E-state index contributed by atoms with van der Waals surface area (Å²) in [5.74, 6) is 0. The molecule has 0 fully saturated rings. The minimum Gasteiger partial charge on any atom is -0.302 e. The zero-order valence-electron chi connectivity index (χ0n) is 9.05. The maximum Gasteiger partial charge on any atom is 0.129 e. The number of aromatic nitrogens is 1. The number of pyridine rings is 1. The van der Waals surface area contributed by atoms with Crippen LogP contribution in [0.4, 0.5) is 0 Å². The average Bonchev–Trinajstić information content (AvgIpc) is 2.21. The van der Waals surface area contributed by atoms with Crippen LogP contribution in [0.15, 0.2) is 12.1 Å². The van der Waals surface area contributed by atoms with Crippen LogP contribution in [0.25, 0.3) is 0 Å². The van der Waals surface area contributed by atoms with Gasteiger partial charge in [-0.1, -0.05) is 31.5 Å². The van der Waals surface area contributed by atoms with Gasteiger partial charge in [0, 0.05) is 25.2 Å². The van der Waals surface area contributed by atoms with Crippen LogP contribution in [-0.4, -0.2) is 23.5 Å². The number of fused-ring (bicyclic) bond motifs is 1. The fourth-order valence-electron chi connectivity index (χ4n) is 1.53. The van der Waals surface area contributed by atoms with Crippen LogP contribution in [0.3, 0.4) is 0 Å². The molecule has 0 bridgehead atoms. The molecule has 0 N–H and O–H groups in total.